The van der Waals surface area contributed by atoms with Crippen molar-refractivity contribution in [3.63, 3.8) is 0 Å². The van der Waals surface area contributed by atoms with E-state index >= 15 is 0 Å². The molecule has 4 aliphatic rings. The molecular weight excluding hydrogens is 335 g/mol. The summed E-state index contributed by atoms with van der Waals surface area (Å²) in [7, 11) is 0. The van der Waals surface area contributed by atoms with Gasteiger partial charge in [0, 0.05) is 16.4 Å². The number of hydrogen-bond acceptors (Lipinski definition) is 0. The molecular formula is C20H13F5. The Bertz CT molecular complexity index is 903. The molecule has 2 aromatic carbocycles. The molecule has 0 saturated heterocycles. The second kappa shape index (κ2) is 3.92. The Balaban J connectivity index is 1.66. The van der Waals surface area contributed by atoms with Crippen LogP contribution in [0.4, 0.5) is 22.0 Å². The monoisotopic (exact) mass is 348 g/mol. The molecule has 0 aliphatic heterocycles. The van der Waals surface area contributed by atoms with E-state index in [1.54, 1.807) is 0 Å². The van der Waals surface area contributed by atoms with Crippen molar-refractivity contribution >= 4 is 0 Å². The largest absolute Gasteiger partial charge is 0.203 e. The van der Waals surface area contributed by atoms with E-state index in [1.165, 1.54) is 0 Å². The third-order valence-corrected chi connectivity index (χ3v) is 7.67. The Morgan fingerprint density at radius 3 is 1.56 bits per heavy atom. The third-order valence-electron chi connectivity index (χ3n) is 7.67. The van der Waals surface area contributed by atoms with Gasteiger partial charge in [0.05, 0.1) is 0 Å². The first-order valence-electron chi connectivity index (χ1n) is 8.56. The van der Waals surface area contributed by atoms with Crippen molar-refractivity contribution in [2.24, 2.45) is 23.7 Å². The van der Waals surface area contributed by atoms with E-state index in [9.17, 15) is 22.0 Å². The molecule has 0 radical (unpaired) electrons. The van der Waals surface area contributed by atoms with Crippen molar-refractivity contribution in [3.8, 4) is 0 Å². The zero-order chi connectivity index (χ0) is 17.3. The minimum absolute atomic E-state index is 0.0240. The molecule has 0 heterocycles. The van der Waals surface area contributed by atoms with Crippen LogP contribution in [0, 0.1) is 52.8 Å². The topological polar surface area (TPSA) is 0 Å². The molecule has 4 saturated carbocycles. The predicted molar refractivity (Wildman–Crippen MR) is 79.2 cm³/mol. The lowest BCUT2D eigenvalue weighted by Crippen LogP contribution is -2.31. The molecule has 6 rings (SSSR count). The van der Waals surface area contributed by atoms with Gasteiger partial charge in [-0.15, -0.1) is 0 Å². The van der Waals surface area contributed by atoms with Gasteiger partial charge in [-0.1, -0.05) is 30.3 Å². The molecule has 0 nitrogen and oxygen atoms in total. The lowest BCUT2D eigenvalue weighted by molar-refractivity contribution is 0.347. The summed E-state index contributed by atoms with van der Waals surface area (Å²) in [6.07, 6.45) is 1.65. The van der Waals surface area contributed by atoms with Crippen molar-refractivity contribution in [2.75, 3.05) is 0 Å². The van der Waals surface area contributed by atoms with Crippen molar-refractivity contribution in [3.05, 3.63) is 70.5 Å². The summed E-state index contributed by atoms with van der Waals surface area (Å²) in [6, 6.07) is 9.48. The van der Waals surface area contributed by atoms with Crippen LogP contribution in [0.15, 0.2) is 30.3 Å². The quantitative estimate of drug-likeness (QED) is 0.413. The van der Waals surface area contributed by atoms with E-state index in [0.717, 1.165) is 18.4 Å². The van der Waals surface area contributed by atoms with Gasteiger partial charge in [-0.2, -0.15) is 0 Å². The Labute approximate surface area is 140 Å². The fourth-order valence-electron chi connectivity index (χ4n) is 7.18. The molecule has 4 atom stereocenters. The molecule has 0 aromatic heterocycles. The highest BCUT2D eigenvalue weighted by Gasteiger charge is 2.96. The second-order valence-corrected chi connectivity index (χ2v) is 7.95. The van der Waals surface area contributed by atoms with Gasteiger partial charge in [-0.3, -0.25) is 0 Å². The molecule has 0 amide bonds. The maximum Gasteiger partial charge on any atom is 0.200 e. The van der Waals surface area contributed by atoms with Gasteiger partial charge < -0.3 is 0 Å². The molecule has 25 heavy (non-hydrogen) atoms. The maximum atomic E-state index is 14.7. The number of benzene rings is 2. The second-order valence-electron chi connectivity index (χ2n) is 7.95. The maximum absolute atomic E-state index is 14.7. The fourth-order valence-corrected chi connectivity index (χ4v) is 7.18. The van der Waals surface area contributed by atoms with Gasteiger partial charge in [0.15, 0.2) is 23.3 Å². The van der Waals surface area contributed by atoms with Gasteiger partial charge in [-0.05, 0) is 42.1 Å². The SMILES string of the molecule is Fc1c(F)c(F)c(C23C4CC5C(CC42)C53c2ccccc2)c(F)c1F. The van der Waals surface area contributed by atoms with Crippen LogP contribution in [-0.2, 0) is 10.8 Å². The summed E-state index contributed by atoms with van der Waals surface area (Å²) in [6.45, 7) is 0. The fraction of sp³-hybridized carbons (Fsp3) is 0.400. The Morgan fingerprint density at radius 1 is 0.600 bits per heavy atom. The highest BCUT2D eigenvalue weighted by atomic mass is 19.2. The number of fused-ring (bicyclic) bond motifs is 2. The molecule has 0 bridgehead atoms. The lowest BCUT2D eigenvalue weighted by Gasteiger charge is -2.28. The Hall–Kier alpha value is -1.91. The molecule has 0 spiro atoms. The lowest BCUT2D eigenvalue weighted by atomic mass is 9.74. The summed E-state index contributed by atoms with van der Waals surface area (Å²) in [5.41, 5.74) is -0.948. The average Bonchev–Trinajstić information content (AvgIpc) is 3.43. The number of rotatable bonds is 2. The summed E-state index contributed by atoms with van der Waals surface area (Å²) in [4.78, 5) is 0. The van der Waals surface area contributed by atoms with Crippen molar-refractivity contribution in [2.45, 2.75) is 23.7 Å². The summed E-state index contributed by atoms with van der Waals surface area (Å²) in [5, 5.41) is 0. The summed E-state index contributed by atoms with van der Waals surface area (Å²) < 4.78 is 70.7. The first-order chi connectivity index (χ1) is 12.0. The minimum atomic E-state index is -2.07. The van der Waals surface area contributed by atoms with Crippen LogP contribution in [0.25, 0.3) is 0 Å². The van der Waals surface area contributed by atoms with E-state index in [0.29, 0.717) is 11.8 Å². The van der Waals surface area contributed by atoms with Gasteiger partial charge in [0.25, 0.3) is 0 Å². The van der Waals surface area contributed by atoms with Crippen LogP contribution >= 0.6 is 0 Å². The molecule has 4 fully saturated rings. The summed E-state index contributed by atoms with van der Waals surface area (Å²) >= 11 is 0. The first kappa shape index (κ1) is 14.3. The van der Waals surface area contributed by atoms with Gasteiger partial charge in [-0.25, -0.2) is 22.0 Å². The highest BCUT2D eigenvalue weighted by molar-refractivity contribution is 5.63. The first-order valence-corrected chi connectivity index (χ1v) is 8.56. The number of halogens is 5. The van der Waals surface area contributed by atoms with Crippen LogP contribution in [0.1, 0.15) is 24.0 Å². The number of hydrogen-bond donors (Lipinski definition) is 0. The zero-order valence-electron chi connectivity index (χ0n) is 13.0. The predicted octanol–water partition coefficient (Wildman–Crippen LogP) is 4.86. The van der Waals surface area contributed by atoms with Crippen LogP contribution < -0.4 is 0 Å². The molecule has 4 aliphatic carbocycles. The standard InChI is InChI=1S/C20H13F5/c21-14-13(15(22)17(24)18(25)16(14)23)20-11-6-9-10(7-12(11)20)19(9,20)8-4-2-1-3-5-8/h1-5,9-12H,6-7H2. The van der Waals surface area contributed by atoms with Gasteiger partial charge in [0.2, 0.25) is 5.82 Å². The highest BCUT2D eigenvalue weighted by Crippen LogP contribution is 2.96. The van der Waals surface area contributed by atoms with Crippen LogP contribution in [0.3, 0.4) is 0 Å². The van der Waals surface area contributed by atoms with Crippen molar-refractivity contribution in [1.29, 1.82) is 0 Å². The van der Waals surface area contributed by atoms with E-state index in [2.05, 4.69) is 0 Å². The van der Waals surface area contributed by atoms with E-state index < -0.39 is 45.5 Å². The van der Waals surface area contributed by atoms with Crippen LogP contribution in [0.5, 0.6) is 0 Å². The smallest absolute Gasteiger partial charge is 0.200 e. The zero-order valence-corrected chi connectivity index (χ0v) is 13.0. The minimum Gasteiger partial charge on any atom is -0.203 e. The molecule has 5 heteroatoms. The molecule has 0 N–H and O–H groups in total. The Morgan fingerprint density at radius 2 is 1.04 bits per heavy atom. The normalized spacial score (nSPS) is 41.8. The molecule has 128 valence electrons. The summed E-state index contributed by atoms with van der Waals surface area (Å²) in [5.74, 6) is -8.35. The van der Waals surface area contributed by atoms with E-state index in [4.69, 9.17) is 0 Å². The van der Waals surface area contributed by atoms with Crippen LogP contribution in [-0.4, -0.2) is 0 Å². The van der Waals surface area contributed by atoms with Crippen molar-refractivity contribution < 1.29 is 22.0 Å². The molecule has 2 aromatic rings. The Kier molecular flexibility index (Phi) is 2.24. The molecule has 4 unspecified atom stereocenters. The van der Waals surface area contributed by atoms with Gasteiger partial charge in [0.1, 0.15) is 0 Å². The van der Waals surface area contributed by atoms with E-state index in [-0.39, 0.29) is 11.8 Å². The third kappa shape index (κ3) is 1.18. The average molecular weight is 348 g/mol. The van der Waals surface area contributed by atoms with E-state index in [1.807, 2.05) is 30.3 Å². The van der Waals surface area contributed by atoms with Gasteiger partial charge >= 0.3 is 0 Å². The van der Waals surface area contributed by atoms with Crippen LogP contribution in [0.2, 0.25) is 0 Å². The van der Waals surface area contributed by atoms with Crippen molar-refractivity contribution in [1.82, 2.24) is 0 Å².